The Kier molecular flexibility index (Phi) is 6.65. The summed E-state index contributed by atoms with van der Waals surface area (Å²) in [5, 5.41) is 10.3. The van der Waals surface area contributed by atoms with Crippen LogP contribution < -0.4 is 10.6 Å². The van der Waals surface area contributed by atoms with Crippen LogP contribution in [0.25, 0.3) is 21.9 Å². The topological polar surface area (TPSA) is 36.4 Å². The maximum absolute atomic E-state index is 5.32. The third-order valence-electron chi connectivity index (χ3n) is 10.9. The quantitative estimate of drug-likeness (QED) is 0.242. The van der Waals surface area contributed by atoms with Crippen LogP contribution in [0.2, 0.25) is 0 Å². The number of rotatable bonds is 4. The van der Waals surface area contributed by atoms with Crippen LogP contribution in [-0.4, -0.2) is 18.2 Å². The standard InChI is InChI=1S/C44H39N3/c1-44(2)37-27-34(23-24-36(37)40-38(44)26-32-19-11-12-20-35(32)39(40)29-14-5-3-6-15-29)43-46-41(30-16-7-4-8-17-30)45-42(47-43)33-22-21-28-13-9-10-18-31(28)25-33/h3-28,31,36-37,42-43,47H,1-2H3,(H,45,46). The second kappa shape index (κ2) is 11.1. The molecule has 4 aliphatic carbocycles. The first-order valence-corrected chi connectivity index (χ1v) is 17.0. The van der Waals surface area contributed by atoms with Gasteiger partial charge in [0.1, 0.15) is 18.2 Å². The highest BCUT2D eigenvalue weighted by molar-refractivity contribution is 6.01. The fraction of sp³-hybridized carbons (Fsp3) is 0.205. The molecule has 5 aliphatic rings. The monoisotopic (exact) mass is 609 g/mol. The number of hydrogen-bond acceptors (Lipinski definition) is 3. The highest BCUT2D eigenvalue weighted by Crippen LogP contribution is 2.57. The summed E-state index contributed by atoms with van der Waals surface area (Å²) < 4.78 is 0. The van der Waals surface area contributed by atoms with E-state index in [0.29, 0.717) is 23.7 Å². The van der Waals surface area contributed by atoms with Gasteiger partial charge in [-0.3, -0.25) is 5.32 Å². The number of nitrogens with one attached hydrogen (secondary N) is 2. The molecule has 0 amide bonds. The van der Waals surface area contributed by atoms with Crippen molar-refractivity contribution < 1.29 is 0 Å². The van der Waals surface area contributed by atoms with E-state index < -0.39 is 0 Å². The number of nitrogens with zero attached hydrogens (tertiary/aromatic N) is 1. The van der Waals surface area contributed by atoms with Gasteiger partial charge in [-0.05, 0) is 55.5 Å². The lowest BCUT2D eigenvalue weighted by Gasteiger charge is -2.37. The van der Waals surface area contributed by atoms with Crippen molar-refractivity contribution in [3.05, 3.63) is 180 Å². The second-order valence-electron chi connectivity index (χ2n) is 14.0. The first-order valence-electron chi connectivity index (χ1n) is 17.0. The normalized spacial score (nSPS) is 28.1. The summed E-state index contributed by atoms with van der Waals surface area (Å²) in [6.07, 6.45) is 23.1. The molecule has 0 spiro atoms. The molecule has 4 aromatic carbocycles. The highest BCUT2D eigenvalue weighted by atomic mass is 15.3. The van der Waals surface area contributed by atoms with Crippen LogP contribution in [-0.2, 0) is 5.41 Å². The van der Waals surface area contributed by atoms with Crippen molar-refractivity contribution in [2.24, 2.45) is 22.7 Å². The minimum absolute atomic E-state index is 0.0493. The minimum atomic E-state index is -0.172. The summed E-state index contributed by atoms with van der Waals surface area (Å²) in [6, 6.07) is 32.9. The van der Waals surface area contributed by atoms with Crippen LogP contribution >= 0.6 is 0 Å². The number of benzene rings is 4. The minimum Gasteiger partial charge on any atom is -0.350 e. The molecule has 47 heavy (non-hydrogen) atoms. The Bertz CT molecular complexity index is 2090. The van der Waals surface area contributed by atoms with Gasteiger partial charge in [0, 0.05) is 23.3 Å². The lowest BCUT2D eigenvalue weighted by molar-refractivity contribution is 0.386. The number of aliphatic imine (C=N–C) groups is 1. The number of allylic oxidation sites excluding steroid dienone is 8. The first kappa shape index (κ1) is 28.3. The molecule has 230 valence electrons. The SMILES string of the molecule is CC1(C)c2cc3ccccc3c(-c3ccccc3)c2C2C=CC(C3N=C(c4ccccc4)NC(C4=CC5C=CC=CC5C=C4)N3)=CC21. The molecule has 6 atom stereocenters. The fourth-order valence-corrected chi connectivity index (χ4v) is 8.49. The highest BCUT2D eigenvalue weighted by Gasteiger charge is 2.47. The van der Waals surface area contributed by atoms with E-state index in [2.05, 4.69) is 176 Å². The summed E-state index contributed by atoms with van der Waals surface area (Å²) >= 11 is 0. The lowest BCUT2D eigenvalue weighted by Crippen LogP contribution is -2.55. The summed E-state index contributed by atoms with van der Waals surface area (Å²) in [4.78, 5) is 5.32. The van der Waals surface area contributed by atoms with Crippen LogP contribution in [0.4, 0.5) is 0 Å². The zero-order chi connectivity index (χ0) is 31.5. The van der Waals surface area contributed by atoms with E-state index >= 15 is 0 Å². The Morgan fingerprint density at radius 3 is 2.19 bits per heavy atom. The third-order valence-corrected chi connectivity index (χ3v) is 10.9. The first-order chi connectivity index (χ1) is 23.0. The average Bonchev–Trinajstić information content (AvgIpc) is 3.36. The van der Waals surface area contributed by atoms with Crippen LogP contribution in [0.5, 0.6) is 0 Å². The van der Waals surface area contributed by atoms with Crippen molar-refractivity contribution in [2.45, 2.75) is 37.5 Å². The molecule has 3 nitrogen and oxygen atoms in total. The van der Waals surface area contributed by atoms with Gasteiger partial charge in [0.25, 0.3) is 0 Å². The van der Waals surface area contributed by atoms with Gasteiger partial charge in [0.05, 0.1) is 0 Å². The molecule has 0 radical (unpaired) electrons. The van der Waals surface area contributed by atoms with Gasteiger partial charge in [0.15, 0.2) is 0 Å². The Morgan fingerprint density at radius 2 is 1.38 bits per heavy atom. The maximum Gasteiger partial charge on any atom is 0.131 e. The molecule has 0 aromatic heterocycles. The van der Waals surface area contributed by atoms with E-state index in [9.17, 15) is 0 Å². The molecule has 0 saturated carbocycles. The molecular weight excluding hydrogens is 571 g/mol. The molecule has 0 bridgehead atoms. The summed E-state index contributed by atoms with van der Waals surface area (Å²) in [5.41, 5.74) is 9.15. The van der Waals surface area contributed by atoms with E-state index in [-0.39, 0.29) is 17.7 Å². The van der Waals surface area contributed by atoms with Gasteiger partial charge in [-0.1, -0.05) is 166 Å². The molecule has 2 N–H and O–H groups in total. The molecule has 3 heteroatoms. The zero-order valence-electron chi connectivity index (χ0n) is 26.8. The van der Waals surface area contributed by atoms with E-state index in [0.717, 1.165) is 11.4 Å². The smallest absolute Gasteiger partial charge is 0.131 e. The predicted molar refractivity (Wildman–Crippen MR) is 195 cm³/mol. The van der Waals surface area contributed by atoms with Gasteiger partial charge >= 0.3 is 0 Å². The summed E-state index contributed by atoms with van der Waals surface area (Å²) in [7, 11) is 0. The maximum atomic E-state index is 5.32. The fourth-order valence-electron chi connectivity index (χ4n) is 8.49. The molecular formula is C44H39N3. The Labute approximate surface area is 277 Å². The molecule has 1 heterocycles. The van der Waals surface area contributed by atoms with Gasteiger partial charge in [-0.2, -0.15) is 0 Å². The zero-order valence-corrected chi connectivity index (χ0v) is 26.8. The molecule has 6 unspecified atom stereocenters. The van der Waals surface area contributed by atoms with Crippen molar-refractivity contribution in [1.82, 2.24) is 10.6 Å². The van der Waals surface area contributed by atoms with E-state index in [1.807, 2.05) is 0 Å². The van der Waals surface area contributed by atoms with Crippen molar-refractivity contribution in [2.75, 3.05) is 0 Å². The third kappa shape index (κ3) is 4.72. The molecule has 4 aromatic rings. The predicted octanol–water partition coefficient (Wildman–Crippen LogP) is 9.14. The largest absolute Gasteiger partial charge is 0.350 e. The van der Waals surface area contributed by atoms with Crippen molar-refractivity contribution in [1.29, 1.82) is 0 Å². The van der Waals surface area contributed by atoms with Crippen molar-refractivity contribution >= 4 is 16.6 Å². The van der Waals surface area contributed by atoms with Crippen molar-refractivity contribution in [3.63, 3.8) is 0 Å². The lowest BCUT2D eigenvalue weighted by atomic mass is 9.73. The second-order valence-corrected chi connectivity index (χ2v) is 14.0. The molecule has 1 aliphatic heterocycles. The average molecular weight is 610 g/mol. The van der Waals surface area contributed by atoms with E-state index in [4.69, 9.17) is 4.99 Å². The van der Waals surface area contributed by atoms with Crippen LogP contribution in [0.3, 0.4) is 0 Å². The number of amidine groups is 1. The number of hydrogen-bond donors (Lipinski definition) is 2. The molecule has 9 rings (SSSR count). The molecule has 0 fully saturated rings. The summed E-state index contributed by atoms with van der Waals surface area (Å²) in [6.45, 7) is 4.87. The van der Waals surface area contributed by atoms with Gasteiger partial charge in [-0.25, -0.2) is 4.99 Å². The van der Waals surface area contributed by atoms with Crippen LogP contribution in [0, 0.1) is 17.8 Å². The van der Waals surface area contributed by atoms with Gasteiger partial charge in [-0.15, -0.1) is 0 Å². The van der Waals surface area contributed by atoms with Gasteiger partial charge in [0.2, 0.25) is 0 Å². The Morgan fingerprint density at radius 1 is 0.681 bits per heavy atom. The molecule has 0 saturated heterocycles. The van der Waals surface area contributed by atoms with Gasteiger partial charge < -0.3 is 5.32 Å². The van der Waals surface area contributed by atoms with E-state index in [1.165, 1.54) is 44.2 Å². The van der Waals surface area contributed by atoms with E-state index in [1.54, 1.807) is 0 Å². The van der Waals surface area contributed by atoms with Crippen LogP contribution in [0.15, 0.2) is 168 Å². The summed E-state index contributed by atoms with van der Waals surface area (Å²) in [5.74, 6) is 2.34. The Hall–Kier alpha value is -4.99. The Balaban J connectivity index is 1.12. The van der Waals surface area contributed by atoms with Crippen molar-refractivity contribution in [3.8, 4) is 11.1 Å². The van der Waals surface area contributed by atoms with Crippen LogP contribution in [0.1, 0.15) is 36.5 Å². The number of fused-ring (bicyclic) bond motifs is 5.